The molecule has 16 heteroatoms. The summed E-state index contributed by atoms with van der Waals surface area (Å²) in [5.74, 6) is -4.08. The summed E-state index contributed by atoms with van der Waals surface area (Å²) in [6.45, 7) is 19.3. The van der Waals surface area contributed by atoms with Crippen LogP contribution in [0.1, 0.15) is 111 Å². The normalized spacial score (nSPS) is 31.0. The van der Waals surface area contributed by atoms with Crippen LogP contribution in [0.25, 0.3) is 0 Å². The summed E-state index contributed by atoms with van der Waals surface area (Å²) in [4.78, 5) is 72.6. The van der Waals surface area contributed by atoms with E-state index in [2.05, 4.69) is 5.32 Å². The highest BCUT2D eigenvalue weighted by Gasteiger charge is 2.78. The molecule has 3 aliphatic carbocycles. The Balaban J connectivity index is 1.58. The van der Waals surface area contributed by atoms with Crippen molar-refractivity contribution < 1.29 is 66.7 Å². The van der Waals surface area contributed by atoms with Crippen LogP contribution in [-0.4, -0.2) is 117 Å². The lowest BCUT2D eigenvalue weighted by Gasteiger charge is -2.67. The van der Waals surface area contributed by atoms with Crippen LogP contribution in [0.4, 0.5) is 4.79 Å². The van der Waals surface area contributed by atoms with Crippen molar-refractivity contribution in [1.29, 1.82) is 0 Å². The predicted molar refractivity (Wildman–Crippen MR) is 249 cm³/mol. The van der Waals surface area contributed by atoms with E-state index in [4.69, 9.17) is 37.6 Å². The fourth-order valence-corrected chi connectivity index (χ4v) is 14.2. The lowest BCUT2D eigenvalue weighted by Crippen LogP contribution is -2.82. The Morgan fingerprint density at radius 2 is 1.51 bits per heavy atom. The first kappa shape index (κ1) is 51.9. The highest BCUT2D eigenvalue weighted by atomic mass is 28.4. The van der Waals surface area contributed by atoms with Crippen LogP contribution in [0.15, 0.2) is 71.8 Å². The lowest BCUT2D eigenvalue weighted by atomic mass is 9.44. The maximum absolute atomic E-state index is 15.8. The molecule has 67 heavy (non-hydrogen) atoms. The molecule has 6 rings (SSSR count). The molecule has 368 valence electrons. The second-order valence-electron chi connectivity index (χ2n) is 20.3. The number of carbonyl (C=O) groups excluding carboxylic acids is 5. The van der Waals surface area contributed by atoms with Crippen molar-refractivity contribution in [3.05, 3.63) is 82.9 Å². The molecule has 1 heterocycles. The van der Waals surface area contributed by atoms with Gasteiger partial charge in [0.2, 0.25) is 0 Å². The third kappa shape index (κ3) is 9.26. The summed E-state index contributed by atoms with van der Waals surface area (Å²) in [5.41, 5.74) is -6.26. The standard InChI is InChI=1S/C51H71NO14Si/c1-14-67(15-2,16-3)66-40(38(32-23-19-17-20-24-32)52-46(57)65-47(6,7)8)45(56)62-34-28-51(58)43(63-44(55)33-25-21-18-22-26-33)41-49(11,42(54)39(60-13)37(30(34)4)48(51,9)10)35(59-12)27-36-50(41,29-61-36)64-31(5)53/h17-26,34-36,38-41,43,58H,14-16,27-29H2,1-13H3,(H,52,57)/t34-,35-,36+,38-,39+,40+,41?,43-,49+,50-,51+/m0/s1. The van der Waals surface area contributed by atoms with Crippen LogP contribution < -0.4 is 5.32 Å². The van der Waals surface area contributed by atoms with E-state index in [0.717, 1.165) is 0 Å². The molecular weight excluding hydrogens is 879 g/mol. The van der Waals surface area contributed by atoms with Crippen LogP contribution in [0, 0.1) is 16.7 Å². The number of nitrogens with one attached hydrogen (secondary N) is 1. The SMILES string of the molecule is CC[Si](CC)(CC)O[C@@H](C(=O)O[C@H]1C[C@@]2(O)[C@@H](OC(=O)c3ccccc3)C3[C@](C)(C(=O)[C@H](OC)C(=C1C)C2(C)C)[C@@H](OC)C[C@H]1OC[C@@]31OC(C)=O)[C@@H](NC(=O)OC(C)(C)C)c1ccccc1. The number of hydrogen-bond donors (Lipinski definition) is 2. The van der Waals surface area contributed by atoms with Gasteiger partial charge < -0.3 is 48.0 Å². The molecule has 2 N–H and O–H groups in total. The summed E-state index contributed by atoms with van der Waals surface area (Å²) in [6, 6.07) is 18.1. The van der Waals surface area contributed by atoms with Gasteiger partial charge in [-0.05, 0) is 81.6 Å². The molecule has 1 aliphatic heterocycles. The molecule has 4 aliphatic rings. The minimum absolute atomic E-state index is 0.137. The average Bonchev–Trinajstić information content (AvgIpc) is 3.27. The van der Waals surface area contributed by atoms with E-state index in [9.17, 15) is 19.5 Å². The third-order valence-electron chi connectivity index (χ3n) is 15.3. The largest absolute Gasteiger partial charge is 0.456 e. The molecule has 3 fully saturated rings. The van der Waals surface area contributed by atoms with Gasteiger partial charge in [0, 0.05) is 39.4 Å². The molecule has 1 amide bonds. The number of Topliss-reactive ketones (excluding diaryl/α,β-unsaturated/α-hetero) is 1. The van der Waals surface area contributed by atoms with Gasteiger partial charge in [-0.25, -0.2) is 14.4 Å². The van der Waals surface area contributed by atoms with E-state index in [-0.39, 0.29) is 25.0 Å². The number of benzene rings is 2. The van der Waals surface area contributed by atoms with E-state index in [1.165, 1.54) is 21.1 Å². The molecule has 11 atom stereocenters. The number of fused-ring (bicyclic) bond motifs is 5. The molecule has 0 radical (unpaired) electrons. The van der Waals surface area contributed by atoms with E-state index in [1.807, 2.05) is 26.8 Å². The summed E-state index contributed by atoms with van der Waals surface area (Å²) in [6.07, 6.45) is -8.37. The molecule has 2 bridgehead atoms. The molecule has 0 spiro atoms. The van der Waals surface area contributed by atoms with Gasteiger partial charge in [0.15, 0.2) is 25.8 Å². The Kier molecular flexibility index (Phi) is 15.1. The molecule has 1 unspecified atom stereocenters. The van der Waals surface area contributed by atoms with Gasteiger partial charge in [-0.1, -0.05) is 83.1 Å². The number of ether oxygens (including phenoxy) is 7. The summed E-state index contributed by atoms with van der Waals surface area (Å²) in [5, 5.41) is 17.0. The molecule has 2 aromatic rings. The Labute approximate surface area is 396 Å². The minimum Gasteiger partial charge on any atom is -0.456 e. The van der Waals surface area contributed by atoms with Gasteiger partial charge in [0.1, 0.15) is 35.6 Å². The number of hydrogen-bond acceptors (Lipinski definition) is 14. The first-order valence-corrected chi connectivity index (χ1v) is 26.0. The van der Waals surface area contributed by atoms with Crippen LogP contribution in [-0.2, 0) is 52.0 Å². The number of amides is 1. The molecular formula is C51H71NO14Si. The fourth-order valence-electron chi connectivity index (χ4n) is 11.4. The number of carbonyl (C=O) groups is 5. The summed E-state index contributed by atoms with van der Waals surface area (Å²) >= 11 is 0. The Bertz CT molecular complexity index is 2180. The zero-order chi connectivity index (χ0) is 49.5. The summed E-state index contributed by atoms with van der Waals surface area (Å²) in [7, 11) is 0.167. The van der Waals surface area contributed by atoms with Crippen molar-refractivity contribution in [2.45, 2.75) is 167 Å². The van der Waals surface area contributed by atoms with Crippen LogP contribution >= 0.6 is 0 Å². The molecule has 2 saturated carbocycles. The van der Waals surface area contributed by atoms with Gasteiger partial charge in [0.25, 0.3) is 0 Å². The number of methoxy groups -OCH3 is 2. The molecule has 0 aromatic heterocycles. The fraction of sp³-hybridized carbons (Fsp3) is 0.627. The average molecular weight is 950 g/mol. The molecule has 1 saturated heterocycles. The van der Waals surface area contributed by atoms with Crippen molar-refractivity contribution in [1.82, 2.24) is 5.32 Å². The van der Waals surface area contributed by atoms with Crippen molar-refractivity contribution in [2.24, 2.45) is 16.7 Å². The van der Waals surface area contributed by atoms with Gasteiger partial charge in [-0.15, -0.1) is 0 Å². The lowest BCUT2D eigenvalue weighted by molar-refractivity contribution is -0.347. The first-order chi connectivity index (χ1) is 31.4. The van der Waals surface area contributed by atoms with E-state index >= 15 is 9.59 Å². The van der Waals surface area contributed by atoms with Crippen molar-refractivity contribution in [3.8, 4) is 0 Å². The number of alkyl carbamates (subject to hydrolysis) is 1. The van der Waals surface area contributed by atoms with Crippen LogP contribution in [0.2, 0.25) is 18.1 Å². The maximum atomic E-state index is 15.8. The zero-order valence-corrected chi connectivity index (χ0v) is 42.4. The van der Waals surface area contributed by atoms with E-state index in [1.54, 1.807) is 103 Å². The monoisotopic (exact) mass is 949 g/mol. The quantitative estimate of drug-likeness (QED) is 0.0768. The number of aliphatic hydroxyl groups is 1. The second kappa shape index (κ2) is 19.5. The highest BCUT2D eigenvalue weighted by molar-refractivity contribution is 6.73. The van der Waals surface area contributed by atoms with Crippen molar-refractivity contribution in [2.75, 3.05) is 20.8 Å². The third-order valence-corrected chi connectivity index (χ3v) is 19.9. The Morgan fingerprint density at radius 1 is 0.910 bits per heavy atom. The number of esters is 3. The summed E-state index contributed by atoms with van der Waals surface area (Å²) < 4.78 is 50.7. The first-order valence-electron chi connectivity index (χ1n) is 23.5. The van der Waals surface area contributed by atoms with Gasteiger partial charge in [-0.3, -0.25) is 9.59 Å². The predicted octanol–water partition coefficient (Wildman–Crippen LogP) is 7.60. The minimum atomic E-state index is -2.69. The van der Waals surface area contributed by atoms with Crippen LogP contribution in [0.5, 0.6) is 0 Å². The highest BCUT2D eigenvalue weighted by Crippen LogP contribution is 2.65. The van der Waals surface area contributed by atoms with E-state index < -0.39 is 114 Å². The van der Waals surface area contributed by atoms with E-state index in [0.29, 0.717) is 34.8 Å². The molecule has 15 nitrogen and oxygen atoms in total. The Hall–Kier alpha value is -4.45. The maximum Gasteiger partial charge on any atom is 0.408 e. The van der Waals surface area contributed by atoms with Gasteiger partial charge in [-0.2, -0.15) is 0 Å². The van der Waals surface area contributed by atoms with Crippen LogP contribution in [0.3, 0.4) is 0 Å². The zero-order valence-electron chi connectivity index (χ0n) is 41.4. The Morgan fingerprint density at radius 3 is 2.01 bits per heavy atom. The smallest absolute Gasteiger partial charge is 0.408 e. The van der Waals surface area contributed by atoms with Crippen molar-refractivity contribution in [3.63, 3.8) is 0 Å². The van der Waals surface area contributed by atoms with Crippen molar-refractivity contribution >= 4 is 38.1 Å². The molecule has 2 aromatic carbocycles. The topological polar surface area (TPSA) is 191 Å². The van der Waals surface area contributed by atoms with Gasteiger partial charge >= 0.3 is 24.0 Å². The second-order valence-corrected chi connectivity index (χ2v) is 25.1. The number of ketones is 1. The van der Waals surface area contributed by atoms with Gasteiger partial charge in [0.05, 0.1) is 35.6 Å². The number of rotatable bonds is 15.